The van der Waals surface area contributed by atoms with E-state index >= 15 is 0 Å². The van der Waals surface area contributed by atoms with Crippen LogP contribution in [0.15, 0.2) is 35.4 Å². The lowest BCUT2D eigenvalue weighted by molar-refractivity contribution is 0.171. The number of hydrogen-bond donors (Lipinski definition) is 1. The summed E-state index contributed by atoms with van der Waals surface area (Å²) in [6, 6.07) is 8.26. The SMILES string of the molecule is COC(=O)NN=Cc1cc(Cl)cc(Cl)c1OCc1c(Cl)cccc1Cl. The summed E-state index contributed by atoms with van der Waals surface area (Å²) in [5.41, 5.74) is 3.24. The fourth-order valence-electron chi connectivity index (χ4n) is 1.84. The predicted octanol–water partition coefficient (Wildman–Crippen LogP) is 5.57. The van der Waals surface area contributed by atoms with E-state index in [1.807, 2.05) is 0 Å². The molecule has 0 heterocycles. The van der Waals surface area contributed by atoms with Gasteiger partial charge in [0.2, 0.25) is 0 Å². The van der Waals surface area contributed by atoms with E-state index in [1.165, 1.54) is 19.4 Å². The Hall–Kier alpha value is -1.66. The van der Waals surface area contributed by atoms with Gasteiger partial charge in [-0.3, -0.25) is 0 Å². The molecular formula is C16H12Cl4N2O3. The van der Waals surface area contributed by atoms with Gasteiger partial charge in [0, 0.05) is 26.2 Å². The number of methoxy groups -OCH3 is 1. The molecule has 0 unspecified atom stereocenters. The highest BCUT2D eigenvalue weighted by Gasteiger charge is 2.12. The molecule has 9 heteroatoms. The van der Waals surface area contributed by atoms with Crippen molar-refractivity contribution in [2.45, 2.75) is 6.61 Å². The monoisotopic (exact) mass is 420 g/mol. The van der Waals surface area contributed by atoms with Gasteiger partial charge in [-0.05, 0) is 24.3 Å². The van der Waals surface area contributed by atoms with Crippen molar-refractivity contribution in [3.63, 3.8) is 0 Å². The maximum Gasteiger partial charge on any atom is 0.427 e. The Bertz CT molecular complexity index is 792. The van der Waals surface area contributed by atoms with Gasteiger partial charge in [-0.1, -0.05) is 52.5 Å². The zero-order valence-electron chi connectivity index (χ0n) is 12.9. The number of nitrogens with one attached hydrogen (secondary N) is 1. The van der Waals surface area contributed by atoms with Crippen LogP contribution in [0, 0.1) is 0 Å². The number of hydrogen-bond acceptors (Lipinski definition) is 4. The van der Waals surface area contributed by atoms with Crippen LogP contribution in [0.4, 0.5) is 4.79 Å². The third-order valence-electron chi connectivity index (χ3n) is 3.00. The Kier molecular flexibility index (Phi) is 7.20. The highest BCUT2D eigenvalue weighted by Crippen LogP contribution is 2.33. The average molecular weight is 422 g/mol. The molecule has 0 aromatic heterocycles. The van der Waals surface area contributed by atoms with E-state index < -0.39 is 6.09 Å². The standard InChI is InChI=1S/C16H12Cl4N2O3/c1-24-16(23)22-21-7-9-5-10(17)6-14(20)15(9)25-8-11-12(18)3-2-4-13(11)19/h2-7H,8H2,1H3,(H,22,23). The summed E-state index contributed by atoms with van der Waals surface area (Å²) < 4.78 is 10.2. The minimum absolute atomic E-state index is 0.0884. The number of carbonyl (C=O) groups excluding carboxylic acids is 1. The number of ether oxygens (including phenoxy) is 2. The van der Waals surface area contributed by atoms with Crippen molar-refractivity contribution in [2.75, 3.05) is 7.11 Å². The van der Waals surface area contributed by atoms with Gasteiger partial charge in [-0.15, -0.1) is 0 Å². The van der Waals surface area contributed by atoms with Gasteiger partial charge in [0.15, 0.2) is 0 Å². The first kappa shape index (κ1) is 19.7. The first-order chi connectivity index (χ1) is 11.9. The molecule has 0 saturated carbocycles. The number of hydrazone groups is 1. The number of halogens is 4. The Morgan fingerprint density at radius 2 is 1.84 bits per heavy atom. The average Bonchev–Trinajstić information content (AvgIpc) is 2.55. The number of amides is 1. The van der Waals surface area contributed by atoms with Crippen LogP contribution in [0.25, 0.3) is 0 Å². The number of benzene rings is 2. The maximum absolute atomic E-state index is 11.0. The second-order valence-corrected chi connectivity index (χ2v) is 6.31. The van der Waals surface area contributed by atoms with Crippen molar-refractivity contribution in [1.82, 2.24) is 5.43 Å². The van der Waals surface area contributed by atoms with Crippen LogP contribution >= 0.6 is 46.4 Å². The molecule has 2 rings (SSSR count). The van der Waals surface area contributed by atoms with Gasteiger partial charge in [0.1, 0.15) is 12.4 Å². The molecule has 0 aliphatic rings. The topological polar surface area (TPSA) is 59.9 Å². The van der Waals surface area contributed by atoms with Crippen LogP contribution in [-0.4, -0.2) is 19.4 Å². The minimum atomic E-state index is -0.713. The van der Waals surface area contributed by atoms with Gasteiger partial charge in [-0.25, -0.2) is 10.2 Å². The number of carbonyl (C=O) groups is 1. The fourth-order valence-corrected chi connectivity index (χ4v) is 2.91. The van der Waals surface area contributed by atoms with E-state index in [0.29, 0.717) is 31.9 Å². The minimum Gasteiger partial charge on any atom is -0.487 e. The van der Waals surface area contributed by atoms with E-state index in [4.69, 9.17) is 51.1 Å². The summed E-state index contributed by atoms with van der Waals surface area (Å²) in [5.74, 6) is 0.317. The van der Waals surface area contributed by atoms with Crippen molar-refractivity contribution in [1.29, 1.82) is 0 Å². The van der Waals surface area contributed by atoms with Crippen LogP contribution in [0.1, 0.15) is 11.1 Å². The summed E-state index contributed by atoms with van der Waals surface area (Å²) in [6.07, 6.45) is 0.618. The molecular weight excluding hydrogens is 410 g/mol. The second kappa shape index (κ2) is 9.15. The molecule has 0 bridgehead atoms. The van der Waals surface area contributed by atoms with Crippen molar-refractivity contribution in [3.8, 4) is 5.75 Å². The summed E-state index contributed by atoms with van der Waals surface area (Å²) in [5, 5.41) is 5.35. The van der Waals surface area contributed by atoms with E-state index in [9.17, 15) is 4.79 Å². The van der Waals surface area contributed by atoms with E-state index in [1.54, 1.807) is 24.3 Å². The number of nitrogens with zero attached hydrogens (tertiary/aromatic N) is 1. The third kappa shape index (κ3) is 5.41. The molecule has 5 nitrogen and oxygen atoms in total. The molecule has 0 fully saturated rings. The first-order valence-corrected chi connectivity index (χ1v) is 8.35. The molecule has 0 atom stereocenters. The Morgan fingerprint density at radius 3 is 2.48 bits per heavy atom. The van der Waals surface area contributed by atoms with Gasteiger partial charge in [-0.2, -0.15) is 5.10 Å². The van der Waals surface area contributed by atoms with Crippen molar-refractivity contribution in [3.05, 3.63) is 61.5 Å². The largest absolute Gasteiger partial charge is 0.487 e. The molecule has 2 aromatic rings. The molecule has 0 aliphatic heterocycles. The maximum atomic E-state index is 11.0. The molecule has 0 aliphatic carbocycles. The van der Waals surface area contributed by atoms with Crippen molar-refractivity contribution < 1.29 is 14.3 Å². The smallest absolute Gasteiger partial charge is 0.427 e. The van der Waals surface area contributed by atoms with Crippen LogP contribution in [0.2, 0.25) is 20.1 Å². The predicted molar refractivity (Wildman–Crippen MR) is 100 cm³/mol. The highest BCUT2D eigenvalue weighted by molar-refractivity contribution is 6.36. The third-order valence-corrected chi connectivity index (χ3v) is 4.21. The van der Waals surface area contributed by atoms with Gasteiger partial charge < -0.3 is 9.47 Å². The summed E-state index contributed by atoms with van der Waals surface area (Å²) in [7, 11) is 1.23. The molecule has 0 saturated heterocycles. The molecule has 132 valence electrons. The van der Waals surface area contributed by atoms with Gasteiger partial charge >= 0.3 is 6.09 Å². The summed E-state index contributed by atoms with van der Waals surface area (Å²) in [4.78, 5) is 11.0. The Balaban J connectivity index is 2.26. The van der Waals surface area contributed by atoms with E-state index in [0.717, 1.165) is 0 Å². The molecule has 25 heavy (non-hydrogen) atoms. The first-order valence-electron chi connectivity index (χ1n) is 6.84. The van der Waals surface area contributed by atoms with Gasteiger partial charge in [0.25, 0.3) is 0 Å². The van der Waals surface area contributed by atoms with Crippen LogP contribution in [-0.2, 0) is 11.3 Å². The zero-order valence-corrected chi connectivity index (χ0v) is 15.9. The molecule has 0 radical (unpaired) electrons. The van der Waals surface area contributed by atoms with Crippen LogP contribution in [0.3, 0.4) is 0 Å². The van der Waals surface area contributed by atoms with Gasteiger partial charge in [0.05, 0.1) is 18.3 Å². The van der Waals surface area contributed by atoms with E-state index in [-0.39, 0.29) is 11.6 Å². The lowest BCUT2D eigenvalue weighted by atomic mass is 10.2. The highest BCUT2D eigenvalue weighted by atomic mass is 35.5. The van der Waals surface area contributed by atoms with E-state index in [2.05, 4.69) is 15.3 Å². The quantitative estimate of drug-likeness (QED) is 0.507. The van der Waals surface area contributed by atoms with Crippen molar-refractivity contribution >= 4 is 58.7 Å². The Labute approximate surface area is 164 Å². The molecule has 2 aromatic carbocycles. The fraction of sp³-hybridized carbons (Fsp3) is 0.125. The number of rotatable bonds is 5. The normalized spacial score (nSPS) is 10.8. The lowest BCUT2D eigenvalue weighted by Crippen LogP contribution is -2.16. The zero-order chi connectivity index (χ0) is 18.4. The second-order valence-electron chi connectivity index (χ2n) is 4.66. The molecule has 1 N–H and O–H groups in total. The summed E-state index contributed by atoms with van der Waals surface area (Å²) in [6.45, 7) is 0.0884. The Morgan fingerprint density at radius 1 is 1.16 bits per heavy atom. The summed E-state index contributed by atoms with van der Waals surface area (Å²) >= 11 is 24.5. The molecule has 0 spiro atoms. The van der Waals surface area contributed by atoms with Crippen molar-refractivity contribution in [2.24, 2.45) is 5.10 Å². The lowest BCUT2D eigenvalue weighted by Gasteiger charge is -2.13. The molecule has 1 amide bonds. The van der Waals surface area contributed by atoms with Crippen LogP contribution in [0.5, 0.6) is 5.75 Å². The van der Waals surface area contributed by atoms with Crippen LogP contribution < -0.4 is 10.2 Å².